The number of nitrogens with one attached hydrogen (secondary N) is 2. The predicted molar refractivity (Wildman–Crippen MR) is 138 cm³/mol. The largest absolute Gasteiger partial charge is 0.474 e. The summed E-state index contributed by atoms with van der Waals surface area (Å²) in [7, 11) is 0. The molecule has 184 valence electrons. The summed E-state index contributed by atoms with van der Waals surface area (Å²) in [6.45, 7) is 8.85. The third kappa shape index (κ3) is 3.98. The van der Waals surface area contributed by atoms with Gasteiger partial charge in [0.1, 0.15) is 12.3 Å². The fraction of sp³-hybridized carbons (Fsp3) is 0.346. The van der Waals surface area contributed by atoms with Gasteiger partial charge >= 0.3 is 0 Å². The van der Waals surface area contributed by atoms with Crippen molar-refractivity contribution in [3.8, 4) is 17.0 Å². The number of carbonyl (C=O) groups excluding carboxylic acids is 1. The normalized spacial score (nSPS) is 15.2. The number of hydrogen-bond donors (Lipinski definition) is 2. The molecule has 2 N–H and O–H groups in total. The smallest absolute Gasteiger partial charge is 0.237 e. The minimum absolute atomic E-state index is 0.124. The molecule has 0 spiro atoms. The van der Waals surface area contributed by atoms with Crippen LogP contribution in [0.25, 0.3) is 22.0 Å². The highest BCUT2D eigenvalue weighted by Crippen LogP contribution is 2.36. The van der Waals surface area contributed by atoms with Crippen molar-refractivity contribution in [3.05, 3.63) is 47.9 Å². The first-order valence-electron chi connectivity index (χ1n) is 12.2. The van der Waals surface area contributed by atoms with Gasteiger partial charge in [0, 0.05) is 48.5 Å². The Labute approximate surface area is 208 Å². The number of amides is 1. The second-order valence-corrected chi connectivity index (χ2v) is 9.45. The minimum atomic E-state index is 0.124. The average molecular weight is 485 g/mol. The maximum Gasteiger partial charge on any atom is 0.237 e. The number of benzene rings is 1. The molecule has 0 atom stereocenters. The molecule has 1 amide bonds. The second kappa shape index (κ2) is 8.78. The monoisotopic (exact) mass is 484 g/mol. The van der Waals surface area contributed by atoms with E-state index in [9.17, 15) is 4.79 Å². The summed E-state index contributed by atoms with van der Waals surface area (Å²) in [5, 5.41) is 12.2. The summed E-state index contributed by atoms with van der Waals surface area (Å²) in [6.07, 6.45) is 3.98. The molecule has 10 nitrogen and oxygen atoms in total. The van der Waals surface area contributed by atoms with E-state index in [1.807, 2.05) is 47.8 Å². The summed E-state index contributed by atoms with van der Waals surface area (Å²) < 4.78 is 7.56. The van der Waals surface area contributed by atoms with E-state index < -0.39 is 0 Å². The molecule has 5 heterocycles. The lowest BCUT2D eigenvalue weighted by Gasteiger charge is -2.24. The molecule has 6 rings (SSSR count). The number of nitrogens with zero attached hydrogens (tertiary/aromatic N) is 6. The fourth-order valence-corrected chi connectivity index (χ4v) is 4.86. The molecule has 0 bridgehead atoms. The standard InChI is InChI=1S/C26H28N8O2/c1-15(2)33-7-8-34-19(12-23(33)35)11-22(32-34)31-26-29-13-18-5-4-17(10-21(18)30-26)20-14-28-25-24(16(20)3)27-6-9-36-25/h4-5,10-11,13-15,27H,6-9,12H2,1-3H3,(H,29,30,31,32). The van der Waals surface area contributed by atoms with E-state index >= 15 is 0 Å². The Morgan fingerprint density at radius 2 is 2.03 bits per heavy atom. The molecule has 0 saturated heterocycles. The van der Waals surface area contributed by atoms with Crippen LogP contribution in [0.3, 0.4) is 0 Å². The molecule has 2 aliphatic heterocycles. The molecule has 3 aromatic heterocycles. The minimum Gasteiger partial charge on any atom is -0.474 e. The first-order chi connectivity index (χ1) is 17.5. The third-order valence-electron chi connectivity index (χ3n) is 6.77. The van der Waals surface area contributed by atoms with Crippen LogP contribution in [0, 0.1) is 6.92 Å². The van der Waals surface area contributed by atoms with Crippen molar-refractivity contribution < 1.29 is 9.53 Å². The molecule has 0 radical (unpaired) electrons. The lowest BCUT2D eigenvalue weighted by Crippen LogP contribution is -2.38. The molecule has 10 heteroatoms. The van der Waals surface area contributed by atoms with E-state index in [0.717, 1.165) is 45.5 Å². The van der Waals surface area contributed by atoms with Crippen molar-refractivity contribution >= 4 is 34.3 Å². The molecular weight excluding hydrogens is 456 g/mol. The zero-order valence-corrected chi connectivity index (χ0v) is 20.6. The zero-order valence-electron chi connectivity index (χ0n) is 20.6. The Bertz CT molecular complexity index is 1480. The van der Waals surface area contributed by atoms with Crippen LogP contribution >= 0.6 is 0 Å². The number of hydrogen-bond acceptors (Lipinski definition) is 8. The van der Waals surface area contributed by atoms with Gasteiger partial charge in [-0.15, -0.1) is 0 Å². The summed E-state index contributed by atoms with van der Waals surface area (Å²) in [5.74, 6) is 1.86. The van der Waals surface area contributed by atoms with Gasteiger partial charge in [-0.05, 0) is 38.0 Å². The van der Waals surface area contributed by atoms with Crippen molar-refractivity contribution in [3.63, 3.8) is 0 Å². The highest BCUT2D eigenvalue weighted by Gasteiger charge is 2.24. The van der Waals surface area contributed by atoms with Gasteiger partial charge in [-0.1, -0.05) is 12.1 Å². The Morgan fingerprint density at radius 1 is 1.14 bits per heavy atom. The Hall–Kier alpha value is -4.21. The first kappa shape index (κ1) is 22.3. The third-order valence-corrected chi connectivity index (χ3v) is 6.77. The van der Waals surface area contributed by atoms with Crippen LogP contribution in [0.15, 0.2) is 36.7 Å². The van der Waals surface area contributed by atoms with Crippen molar-refractivity contribution in [1.29, 1.82) is 0 Å². The van der Waals surface area contributed by atoms with Gasteiger partial charge < -0.3 is 20.3 Å². The molecule has 2 aliphatic rings. The van der Waals surface area contributed by atoms with Gasteiger partial charge in [-0.3, -0.25) is 9.48 Å². The molecule has 0 aliphatic carbocycles. The van der Waals surface area contributed by atoms with Crippen molar-refractivity contribution in [2.45, 2.75) is 39.8 Å². The molecule has 0 unspecified atom stereocenters. The van der Waals surface area contributed by atoms with E-state index in [0.29, 0.717) is 43.8 Å². The van der Waals surface area contributed by atoms with E-state index in [-0.39, 0.29) is 11.9 Å². The van der Waals surface area contributed by atoms with Crippen LogP contribution in [0.2, 0.25) is 0 Å². The van der Waals surface area contributed by atoms with Crippen LogP contribution < -0.4 is 15.4 Å². The van der Waals surface area contributed by atoms with E-state index in [1.54, 1.807) is 6.20 Å². The van der Waals surface area contributed by atoms with Crippen molar-refractivity contribution in [1.82, 2.24) is 29.6 Å². The molecule has 4 aromatic rings. The lowest BCUT2D eigenvalue weighted by molar-refractivity contribution is -0.131. The van der Waals surface area contributed by atoms with Crippen LogP contribution in [-0.2, 0) is 17.8 Å². The highest BCUT2D eigenvalue weighted by molar-refractivity contribution is 5.86. The summed E-state index contributed by atoms with van der Waals surface area (Å²) in [5.41, 5.74) is 5.79. The Morgan fingerprint density at radius 3 is 2.89 bits per heavy atom. The van der Waals surface area contributed by atoms with Crippen molar-refractivity contribution in [2.24, 2.45) is 0 Å². The summed E-state index contributed by atoms with van der Waals surface area (Å²) >= 11 is 0. The number of ether oxygens (including phenoxy) is 1. The maximum absolute atomic E-state index is 12.6. The lowest BCUT2D eigenvalue weighted by atomic mass is 10.00. The number of rotatable bonds is 4. The molecule has 36 heavy (non-hydrogen) atoms. The van der Waals surface area contributed by atoms with Gasteiger partial charge in [-0.25, -0.2) is 15.0 Å². The zero-order chi connectivity index (χ0) is 24.8. The summed E-state index contributed by atoms with van der Waals surface area (Å²) in [6, 6.07) is 8.21. The predicted octanol–water partition coefficient (Wildman–Crippen LogP) is 3.54. The number of anilines is 3. The number of pyridine rings is 1. The average Bonchev–Trinajstić information content (AvgIpc) is 3.16. The van der Waals surface area contributed by atoms with Gasteiger partial charge in [0.25, 0.3) is 0 Å². The SMILES string of the molecule is Cc1c(-c2ccc3cnc(Nc4cc5n(n4)CCN(C(C)C)C(=O)C5)nc3c2)cnc2c1NCCO2. The topological polar surface area (TPSA) is 110 Å². The highest BCUT2D eigenvalue weighted by atomic mass is 16.5. The van der Waals surface area contributed by atoms with Gasteiger partial charge in [0.15, 0.2) is 5.82 Å². The van der Waals surface area contributed by atoms with E-state index in [2.05, 4.69) is 38.7 Å². The van der Waals surface area contributed by atoms with Crippen LogP contribution in [0.4, 0.5) is 17.5 Å². The fourth-order valence-electron chi connectivity index (χ4n) is 4.86. The number of fused-ring (bicyclic) bond motifs is 3. The van der Waals surface area contributed by atoms with Crippen molar-refractivity contribution in [2.75, 3.05) is 30.3 Å². The van der Waals surface area contributed by atoms with Gasteiger partial charge in [-0.2, -0.15) is 5.10 Å². The van der Waals surface area contributed by atoms with Crippen LogP contribution in [0.1, 0.15) is 25.1 Å². The number of aromatic nitrogens is 5. The van der Waals surface area contributed by atoms with Gasteiger partial charge in [0.05, 0.1) is 24.2 Å². The quantitative estimate of drug-likeness (QED) is 0.453. The first-order valence-corrected chi connectivity index (χ1v) is 12.2. The Kier molecular flexibility index (Phi) is 5.43. The summed E-state index contributed by atoms with van der Waals surface area (Å²) in [4.78, 5) is 28.2. The maximum atomic E-state index is 12.6. The molecule has 0 saturated carbocycles. The van der Waals surface area contributed by atoms with E-state index in [1.165, 1.54) is 0 Å². The Balaban J connectivity index is 1.27. The number of carbonyl (C=O) groups is 1. The van der Waals surface area contributed by atoms with Gasteiger partial charge in [0.2, 0.25) is 17.7 Å². The molecule has 0 fully saturated rings. The molecule has 1 aromatic carbocycles. The van der Waals surface area contributed by atoms with E-state index in [4.69, 9.17) is 9.72 Å². The van der Waals surface area contributed by atoms with Crippen LogP contribution in [-0.4, -0.2) is 61.3 Å². The van der Waals surface area contributed by atoms with Crippen LogP contribution in [0.5, 0.6) is 5.88 Å². The second-order valence-electron chi connectivity index (χ2n) is 9.45. The molecular formula is C26H28N8O2.